The number of hydrogen-bond donors (Lipinski definition) is 1. The van der Waals surface area contributed by atoms with Crippen molar-refractivity contribution in [3.8, 4) is 0 Å². The fourth-order valence-corrected chi connectivity index (χ4v) is 1.32. The third-order valence-corrected chi connectivity index (χ3v) is 2.50. The second-order valence-electron chi connectivity index (χ2n) is 3.65. The van der Waals surface area contributed by atoms with Gasteiger partial charge in [0.25, 0.3) is 0 Å². The Morgan fingerprint density at radius 2 is 2.17 bits per heavy atom. The average molecular weight is 165 g/mol. The van der Waals surface area contributed by atoms with Gasteiger partial charge in [-0.05, 0) is 31.0 Å². The van der Waals surface area contributed by atoms with Gasteiger partial charge in [-0.3, -0.25) is 0 Å². The average Bonchev–Trinajstić information content (AvgIpc) is 2.75. The van der Waals surface area contributed by atoms with Crippen LogP contribution < -0.4 is 5.32 Å². The first-order valence-corrected chi connectivity index (χ1v) is 4.13. The Hall–Kier alpha value is -0.890. The zero-order valence-electron chi connectivity index (χ0n) is 7.32. The van der Waals surface area contributed by atoms with Crippen molar-refractivity contribution in [3.05, 3.63) is 35.1 Å². The highest BCUT2D eigenvalue weighted by molar-refractivity contribution is 5.33. The number of rotatable bonds is 1. The highest BCUT2D eigenvalue weighted by atomic mass is 19.1. The van der Waals surface area contributed by atoms with E-state index in [4.69, 9.17) is 0 Å². The molecule has 0 radical (unpaired) electrons. The van der Waals surface area contributed by atoms with E-state index >= 15 is 0 Å². The summed E-state index contributed by atoms with van der Waals surface area (Å²) in [5.41, 5.74) is 2.02. The molecule has 1 unspecified atom stereocenters. The summed E-state index contributed by atoms with van der Waals surface area (Å²) in [7, 11) is 0. The summed E-state index contributed by atoms with van der Waals surface area (Å²) in [5.74, 6) is -0.122. The van der Waals surface area contributed by atoms with Gasteiger partial charge in [-0.15, -0.1) is 0 Å². The van der Waals surface area contributed by atoms with Crippen LogP contribution in [0.25, 0.3) is 0 Å². The summed E-state index contributed by atoms with van der Waals surface area (Å²) in [6.45, 7) is 4.92. The van der Waals surface area contributed by atoms with E-state index in [1.807, 2.05) is 12.1 Å². The van der Waals surface area contributed by atoms with E-state index in [1.165, 1.54) is 11.6 Å². The fourth-order valence-electron chi connectivity index (χ4n) is 1.32. The Morgan fingerprint density at radius 1 is 1.50 bits per heavy atom. The van der Waals surface area contributed by atoms with Crippen LogP contribution >= 0.6 is 0 Å². The van der Waals surface area contributed by atoms with Gasteiger partial charge in [-0.2, -0.15) is 0 Å². The molecule has 1 nitrogen and oxygen atoms in total. The summed E-state index contributed by atoms with van der Waals surface area (Å²) in [5, 5.41) is 3.25. The van der Waals surface area contributed by atoms with Gasteiger partial charge in [-0.1, -0.05) is 12.1 Å². The van der Waals surface area contributed by atoms with E-state index < -0.39 is 0 Å². The van der Waals surface area contributed by atoms with Crippen LogP contribution in [-0.2, 0) is 5.54 Å². The van der Waals surface area contributed by atoms with E-state index in [0.29, 0.717) is 0 Å². The first-order chi connectivity index (χ1) is 5.62. The lowest BCUT2D eigenvalue weighted by molar-refractivity contribution is 0.615. The Kier molecular flexibility index (Phi) is 1.48. The topological polar surface area (TPSA) is 21.9 Å². The molecule has 0 bridgehead atoms. The number of benzene rings is 1. The normalized spacial score (nSPS) is 27.2. The van der Waals surface area contributed by atoms with Gasteiger partial charge < -0.3 is 5.32 Å². The molecule has 0 aliphatic carbocycles. The molecule has 1 aromatic rings. The molecule has 0 amide bonds. The predicted octanol–water partition coefficient (Wildman–Crippen LogP) is 1.95. The SMILES string of the molecule is Cc1cc(C2(C)CN2)ccc1F. The fraction of sp³-hybridized carbons (Fsp3) is 0.400. The molecule has 1 heterocycles. The van der Waals surface area contributed by atoms with E-state index in [2.05, 4.69) is 12.2 Å². The van der Waals surface area contributed by atoms with Crippen molar-refractivity contribution in [1.29, 1.82) is 0 Å². The molecule has 1 aliphatic heterocycles. The van der Waals surface area contributed by atoms with Gasteiger partial charge in [0.1, 0.15) is 5.82 Å². The molecule has 64 valence electrons. The maximum absolute atomic E-state index is 12.9. The van der Waals surface area contributed by atoms with Crippen LogP contribution in [0, 0.1) is 12.7 Å². The lowest BCUT2D eigenvalue weighted by Crippen LogP contribution is -2.07. The smallest absolute Gasteiger partial charge is 0.126 e. The van der Waals surface area contributed by atoms with Gasteiger partial charge in [-0.25, -0.2) is 4.39 Å². The van der Waals surface area contributed by atoms with Gasteiger partial charge >= 0.3 is 0 Å². The summed E-state index contributed by atoms with van der Waals surface area (Å²) < 4.78 is 12.9. The van der Waals surface area contributed by atoms with E-state index in [0.717, 1.165) is 12.1 Å². The maximum atomic E-state index is 12.9. The van der Waals surface area contributed by atoms with Crippen LogP contribution in [0.2, 0.25) is 0 Å². The largest absolute Gasteiger partial charge is 0.304 e. The number of hydrogen-bond acceptors (Lipinski definition) is 1. The molecule has 1 N–H and O–H groups in total. The molecule has 0 spiro atoms. The molecular formula is C10H12FN. The summed E-state index contributed by atoms with van der Waals surface area (Å²) >= 11 is 0. The van der Waals surface area contributed by atoms with Crippen LogP contribution in [0.5, 0.6) is 0 Å². The van der Waals surface area contributed by atoms with Crippen molar-refractivity contribution in [2.75, 3.05) is 6.54 Å². The summed E-state index contributed by atoms with van der Waals surface area (Å²) in [6, 6.07) is 5.30. The van der Waals surface area contributed by atoms with Crippen LogP contribution in [-0.4, -0.2) is 6.54 Å². The van der Waals surface area contributed by atoms with Gasteiger partial charge in [0.2, 0.25) is 0 Å². The quantitative estimate of drug-likeness (QED) is 0.631. The Bertz CT molecular complexity index is 316. The van der Waals surface area contributed by atoms with Gasteiger partial charge in [0, 0.05) is 6.54 Å². The summed E-state index contributed by atoms with van der Waals surface area (Å²) in [6.07, 6.45) is 0. The molecule has 1 atom stereocenters. The number of nitrogens with one attached hydrogen (secondary N) is 1. The third kappa shape index (κ3) is 1.12. The second-order valence-corrected chi connectivity index (χ2v) is 3.65. The maximum Gasteiger partial charge on any atom is 0.126 e. The molecule has 0 aromatic heterocycles. The van der Waals surface area contributed by atoms with Crippen LogP contribution in [0.1, 0.15) is 18.1 Å². The van der Waals surface area contributed by atoms with Gasteiger partial charge in [0.05, 0.1) is 5.54 Å². The first-order valence-electron chi connectivity index (χ1n) is 4.13. The minimum Gasteiger partial charge on any atom is -0.304 e. The molecule has 12 heavy (non-hydrogen) atoms. The highest BCUT2D eigenvalue weighted by Crippen LogP contribution is 2.30. The highest BCUT2D eigenvalue weighted by Gasteiger charge is 2.38. The Labute approximate surface area is 71.6 Å². The van der Waals surface area contributed by atoms with Crippen molar-refractivity contribution in [3.63, 3.8) is 0 Å². The lowest BCUT2D eigenvalue weighted by atomic mass is 9.99. The number of aryl methyl sites for hydroxylation is 1. The van der Waals surface area contributed by atoms with E-state index in [9.17, 15) is 4.39 Å². The lowest BCUT2D eigenvalue weighted by Gasteiger charge is -2.07. The Balaban J connectivity index is 2.41. The van der Waals surface area contributed by atoms with Gasteiger partial charge in [0.15, 0.2) is 0 Å². The Morgan fingerprint density at radius 3 is 2.67 bits per heavy atom. The van der Waals surface area contributed by atoms with Crippen molar-refractivity contribution < 1.29 is 4.39 Å². The van der Waals surface area contributed by atoms with Crippen LogP contribution in [0.15, 0.2) is 18.2 Å². The molecular weight excluding hydrogens is 153 g/mol. The molecule has 1 fully saturated rings. The standard InChI is InChI=1S/C10H12FN/c1-7-5-8(3-4-9(7)11)10(2)6-12-10/h3-5,12H,6H2,1-2H3. The molecule has 1 aromatic carbocycles. The molecule has 1 saturated heterocycles. The second kappa shape index (κ2) is 2.30. The zero-order chi connectivity index (χ0) is 8.77. The minimum atomic E-state index is -0.122. The number of halogens is 1. The summed E-state index contributed by atoms with van der Waals surface area (Å²) in [4.78, 5) is 0. The van der Waals surface area contributed by atoms with E-state index in [-0.39, 0.29) is 11.4 Å². The molecule has 1 aliphatic rings. The third-order valence-electron chi connectivity index (χ3n) is 2.50. The molecule has 0 saturated carbocycles. The first kappa shape index (κ1) is 7.74. The minimum absolute atomic E-state index is 0.110. The molecule has 2 rings (SSSR count). The van der Waals surface area contributed by atoms with Crippen molar-refractivity contribution >= 4 is 0 Å². The van der Waals surface area contributed by atoms with E-state index in [1.54, 1.807) is 6.92 Å². The predicted molar refractivity (Wildman–Crippen MR) is 46.5 cm³/mol. The monoisotopic (exact) mass is 165 g/mol. The van der Waals surface area contributed by atoms with Crippen molar-refractivity contribution in [1.82, 2.24) is 5.32 Å². The zero-order valence-corrected chi connectivity index (χ0v) is 7.32. The van der Waals surface area contributed by atoms with Crippen molar-refractivity contribution in [2.45, 2.75) is 19.4 Å². The molecule has 2 heteroatoms. The van der Waals surface area contributed by atoms with Crippen molar-refractivity contribution in [2.24, 2.45) is 0 Å². The van der Waals surface area contributed by atoms with Crippen LogP contribution in [0.4, 0.5) is 4.39 Å². The van der Waals surface area contributed by atoms with Crippen LogP contribution in [0.3, 0.4) is 0 Å².